The summed E-state index contributed by atoms with van der Waals surface area (Å²) < 4.78 is 18.7. The van der Waals surface area contributed by atoms with Crippen molar-refractivity contribution < 1.29 is 19.0 Å². The summed E-state index contributed by atoms with van der Waals surface area (Å²) in [7, 11) is 0. The number of nitrogens with one attached hydrogen (secondary N) is 2. The van der Waals surface area contributed by atoms with Gasteiger partial charge in [0.2, 0.25) is 0 Å². The van der Waals surface area contributed by atoms with Gasteiger partial charge in [-0.05, 0) is 37.0 Å². The van der Waals surface area contributed by atoms with Crippen LogP contribution in [-0.4, -0.2) is 37.0 Å². The SMILES string of the molecule is O=C(NCC(O)COCC1CC1)Nc1cc(Cl)ccc1F. The zero-order valence-corrected chi connectivity index (χ0v) is 12.2. The molecule has 0 heterocycles. The zero-order chi connectivity index (χ0) is 15.2. The molecule has 0 spiro atoms. The largest absolute Gasteiger partial charge is 0.389 e. The molecule has 1 fully saturated rings. The molecule has 2 rings (SSSR count). The lowest BCUT2D eigenvalue weighted by Crippen LogP contribution is -2.37. The molecule has 1 atom stereocenters. The van der Waals surface area contributed by atoms with Crippen LogP contribution in [0.5, 0.6) is 0 Å². The predicted octanol–water partition coefficient (Wildman–Crippen LogP) is 2.39. The van der Waals surface area contributed by atoms with E-state index in [1.807, 2.05) is 0 Å². The molecular formula is C14H18ClFN2O3. The fraction of sp³-hybridized carbons (Fsp3) is 0.500. The lowest BCUT2D eigenvalue weighted by Gasteiger charge is -2.13. The van der Waals surface area contributed by atoms with E-state index in [4.69, 9.17) is 16.3 Å². The summed E-state index contributed by atoms with van der Waals surface area (Å²) in [4.78, 5) is 11.6. The van der Waals surface area contributed by atoms with Crippen molar-refractivity contribution in [3.8, 4) is 0 Å². The maximum absolute atomic E-state index is 13.4. The van der Waals surface area contributed by atoms with Crippen molar-refractivity contribution >= 4 is 23.3 Å². The molecule has 21 heavy (non-hydrogen) atoms. The van der Waals surface area contributed by atoms with Crippen LogP contribution in [0.1, 0.15) is 12.8 Å². The number of hydrogen-bond acceptors (Lipinski definition) is 3. The second-order valence-corrected chi connectivity index (χ2v) is 5.53. The second-order valence-electron chi connectivity index (χ2n) is 5.09. The number of urea groups is 1. The summed E-state index contributed by atoms with van der Waals surface area (Å²) in [6.45, 7) is 0.845. The minimum Gasteiger partial charge on any atom is -0.389 e. The van der Waals surface area contributed by atoms with Gasteiger partial charge in [-0.3, -0.25) is 0 Å². The highest BCUT2D eigenvalue weighted by atomic mass is 35.5. The van der Waals surface area contributed by atoms with Crippen LogP contribution in [-0.2, 0) is 4.74 Å². The number of halogens is 2. The van der Waals surface area contributed by atoms with Gasteiger partial charge in [-0.25, -0.2) is 9.18 Å². The van der Waals surface area contributed by atoms with Crippen LogP contribution in [0.15, 0.2) is 18.2 Å². The Labute approximate surface area is 127 Å². The van der Waals surface area contributed by atoms with E-state index in [2.05, 4.69) is 10.6 Å². The number of carbonyl (C=O) groups is 1. The van der Waals surface area contributed by atoms with E-state index in [0.717, 1.165) is 0 Å². The van der Waals surface area contributed by atoms with Crippen molar-refractivity contribution in [1.82, 2.24) is 5.32 Å². The molecule has 0 aliphatic heterocycles. The maximum Gasteiger partial charge on any atom is 0.319 e. The van der Waals surface area contributed by atoms with E-state index in [1.165, 1.54) is 31.0 Å². The highest BCUT2D eigenvalue weighted by Gasteiger charge is 2.21. The minimum absolute atomic E-state index is 0.0144. The van der Waals surface area contributed by atoms with Crippen molar-refractivity contribution in [3.63, 3.8) is 0 Å². The van der Waals surface area contributed by atoms with Crippen LogP contribution < -0.4 is 10.6 Å². The van der Waals surface area contributed by atoms with Gasteiger partial charge in [0.25, 0.3) is 0 Å². The number of benzene rings is 1. The third-order valence-electron chi connectivity index (χ3n) is 3.04. The van der Waals surface area contributed by atoms with Crippen molar-refractivity contribution in [2.75, 3.05) is 25.1 Å². The van der Waals surface area contributed by atoms with E-state index < -0.39 is 18.0 Å². The first-order valence-corrected chi connectivity index (χ1v) is 7.18. The van der Waals surface area contributed by atoms with Gasteiger partial charge < -0.3 is 20.5 Å². The number of aliphatic hydroxyl groups is 1. The molecule has 1 aliphatic carbocycles. The van der Waals surface area contributed by atoms with Crippen LogP contribution in [0.4, 0.5) is 14.9 Å². The Hall–Kier alpha value is -1.37. The first kappa shape index (κ1) is 16.0. The second kappa shape index (κ2) is 7.59. The maximum atomic E-state index is 13.4. The van der Waals surface area contributed by atoms with Gasteiger partial charge in [-0.1, -0.05) is 11.6 Å². The fourth-order valence-corrected chi connectivity index (χ4v) is 1.86. The smallest absolute Gasteiger partial charge is 0.319 e. The van der Waals surface area contributed by atoms with Crippen molar-refractivity contribution in [2.45, 2.75) is 18.9 Å². The predicted molar refractivity (Wildman–Crippen MR) is 78.0 cm³/mol. The Kier molecular flexibility index (Phi) is 5.78. The Morgan fingerprint density at radius 3 is 3.00 bits per heavy atom. The van der Waals surface area contributed by atoms with E-state index >= 15 is 0 Å². The van der Waals surface area contributed by atoms with Crippen molar-refractivity contribution in [3.05, 3.63) is 29.0 Å². The molecule has 0 aromatic heterocycles. The minimum atomic E-state index is -0.793. The molecule has 1 aromatic carbocycles. The summed E-state index contributed by atoms with van der Waals surface area (Å²) in [6, 6.07) is 3.25. The van der Waals surface area contributed by atoms with Crippen LogP contribution in [0, 0.1) is 11.7 Å². The molecule has 0 bridgehead atoms. The summed E-state index contributed by atoms with van der Waals surface area (Å²) >= 11 is 5.72. The van der Waals surface area contributed by atoms with Crippen LogP contribution >= 0.6 is 11.6 Å². The summed E-state index contributed by atoms with van der Waals surface area (Å²) in [5.41, 5.74) is -0.0144. The van der Waals surface area contributed by atoms with E-state index in [0.29, 0.717) is 17.5 Å². The average molecular weight is 317 g/mol. The molecule has 7 heteroatoms. The van der Waals surface area contributed by atoms with Gasteiger partial charge in [0, 0.05) is 18.2 Å². The van der Waals surface area contributed by atoms with Crippen molar-refractivity contribution in [1.29, 1.82) is 0 Å². The molecule has 3 N–H and O–H groups in total. The fourth-order valence-electron chi connectivity index (χ4n) is 1.68. The Morgan fingerprint density at radius 2 is 2.29 bits per heavy atom. The Balaban J connectivity index is 1.67. The number of carbonyl (C=O) groups excluding carboxylic acids is 1. The number of anilines is 1. The monoisotopic (exact) mass is 316 g/mol. The van der Waals surface area contributed by atoms with Gasteiger partial charge in [-0.2, -0.15) is 0 Å². The highest BCUT2D eigenvalue weighted by Crippen LogP contribution is 2.28. The van der Waals surface area contributed by atoms with E-state index in [9.17, 15) is 14.3 Å². The molecule has 1 aromatic rings. The summed E-state index contributed by atoms with van der Waals surface area (Å²) in [5, 5.41) is 14.7. The molecular weight excluding hydrogens is 299 g/mol. The molecule has 0 saturated heterocycles. The van der Waals surface area contributed by atoms with Gasteiger partial charge in [-0.15, -0.1) is 0 Å². The van der Waals surface area contributed by atoms with Crippen LogP contribution in [0.25, 0.3) is 0 Å². The van der Waals surface area contributed by atoms with Crippen LogP contribution in [0.2, 0.25) is 5.02 Å². The molecule has 1 aliphatic rings. The molecule has 0 radical (unpaired) electrons. The summed E-state index contributed by atoms with van der Waals surface area (Å²) in [6.07, 6.45) is 1.57. The molecule has 5 nitrogen and oxygen atoms in total. The number of amides is 2. The Bertz CT molecular complexity index is 497. The van der Waals surface area contributed by atoms with Crippen LogP contribution in [0.3, 0.4) is 0 Å². The number of ether oxygens (including phenoxy) is 1. The summed E-state index contributed by atoms with van der Waals surface area (Å²) in [5.74, 6) is 0.0436. The lowest BCUT2D eigenvalue weighted by atomic mass is 10.3. The van der Waals surface area contributed by atoms with Gasteiger partial charge in [0.1, 0.15) is 5.82 Å². The van der Waals surface area contributed by atoms with E-state index in [-0.39, 0.29) is 18.8 Å². The van der Waals surface area contributed by atoms with Gasteiger partial charge in [0.15, 0.2) is 0 Å². The number of aliphatic hydroxyl groups excluding tert-OH is 1. The number of rotatable bonds is 7. The third-order valence-corrected chi connectivity index (χ3v) is 3.27. The molecule has 1 saturated carbocycles. The first-order valence-electron chi connectivity index (χ1n) is 6.80. The average Bonchev–Trinajstić information content (AvgIpc) is 3.25. The third kappa shape index (κ3) is 5.87. The molecule has 1 unspecified atom stereocenters. The first-order chi connectivity index (χ1) is 10.0. The quantitative estimate of drug-likeness (QED) is 0.723. The Morgan fingerprint density at radius 1 is 1.52 bits per heavy atom. The topological polar surface area (TPSA) is 70.6 Å². The highest BCUT2D eigenvalue weighted by molar-refractivity contribution is 6.30. The normalized spacial score (nSPS) is 15.6. The number of hydrogen-bond donors (Lipinski definition) is 3. The molecule has 116 valence electrons. The van der Waals surface area contributed by atoms with Crippen molar-refractivity contribution in [2.24, 2.45) is 5.92 Å². The van der Waals surface area contributed by atoms with Gasteiger partial charge >= 0.3 is 6.03 Å². The lowest BCUT2D eigenvalue weighted by molar-refractivity contribution is 0.0339. The standard InChI is InChI=1S/C14H18ClFN2O3/c15-10-3-4-12(16)13(5-10)18-14(20)17-6-11(19)8-21-7-9-1-2-9/h3-5,9,11,19H,1-2,6-8H2,(H2,17,18,20). The van der Waals surface area contributed by atoms with E-state index in [1.54, 1.807) is 0 Å². The van der Waals surface area contributed by atoms with Gasteiger partial charge in [0.05, 0.1) is 18.4 Å². The molecule has 2 amide bonds. The zero-order valence-electron chi connectivity index (χ0n) is 11.4.